The lowest BCUT2D eigenvalue weighted by Gasteiger charge is -2.07. The monoisotopic (exact) mass is 380 g/mol. The minimum absolute atomic E-state index is 1.31. The molecule has 0 saturated heterocycles. The second kappa shape index (κ2) is 6.86. The van der Waals surface area contributed by atoms with E-state index < -0.39 is 0 Å². The van der Waals surface area contributed by atoms with Gasteiger partial charge >= 0.3 is 0 Å². The first-order valence-corrected chi connectivity index (χ1v) is 10.4. The third kappa shape index (κ3) is 2.69. The van der Waals surface area contributed by atoms with E-state index >= 15 is 0 Å². The van der Waals surface area contributed by atoms with Crippen LogP contribution in [-0.2, 0) is 0 Å². The minimum Gasteiger partial charge on any atom is -0.0616 e. The van der Waals surface area contributed by atoms with Crippen LogP contribution in [0.25, 0.3) is 55.2 Å². The highest BCUT2D eigenvalue weighted by molar-refractivity contribution is 6.17. The highest BCUT2D eigenvalue weighted by atomic mass is 14.1. The predicted octanol–water partition coefficient (Wildman–Crippen LogP) is 8.47. The van der Waals surface area contributed by atoms with Crippen LogP contribution in [0.1, 0.15) is 11.1 Å². The lowest BCUT2D eigenvalue weighted by Crippen LogP contribution is -1.79. The van der Waals surface area contributed by atoms with Crippen LogP contribution < -0.4 is 0 Å². The standard InChI is InChI=1S/C18H12.C12H8/c1-3-7-15-13(5-1)9-11-18-16-8-4-2-6-14(16)10-12-17(15)18;1-3-9-4-2-6-11-8-7-10(5-1)12(9)11/h1-12H;1-8H. The molecular weight excluding hydrogens is 360 g/mol. The molecule has 0 aromatic heterocycles. The van der Waals surface area contributed by atoms with Crippen LogP contribution >= 0.6 is 0 Å². The quantitative estimate of drug-likeness (QED) is 0.231. The van der Waals surface area contributed by atoms with Gasteiger partial charge in [0.15, 0.2) is 0 Å². The summed E-state index contributed by atoms with van der Waals surface area (Å²) in [6.07, 6.45) is 4.36. The first-order chi connectivity index (χ1) is 14.9. The summed E-state index contributed by atoms with van der Waals surface area (Å²) < 4.78 is 0. The molecule has 7 rings (SSSR count). The fraction of sp³-hybridized carbons (Fsp3) is 0. The van der Waals surface area contributed by atoms with Crippen molar-refractivity contribution in [2.24, 2.45) is 0 Å². The number of benzene rings is 6. The van der Waals surface area contributed by atoms with E-state index in [1.807, 2.05) is 0 Å². The Balaban J connectivity index is 0.000000126. The third-order valence-corrected chi connectivity index (χ3v) is 6.06. The largest absolute Gasteiger partial charge is 0.0616 e. The summed E-state index contributed by atoms with van der Waals surface area (Å²) in [5, 5.41) is 10.7. The summed E-state index contributed by atoms with van der Waals surface area (Å²) >= 11 is 0. The number of rotatable bonds is 0. The summed E-state index contributed by atoms with van der Waals surface area (Å²) in [5.74, 6) is 0. The van der Waals surface area contributed by atoms with Gasteiger partial charge in [-0.25, -0.2) is 0 Å². The first-order valence-electron chi connectivity index (χ1n) is 10.4. The van der Waals surface area contributed by atoms with Crippen molar-refractivity contribution in [3.63, 3.8) is 0 Å². The van der Waals surface area contributed by atoms with Crippen molar-refractivity contribution >= 4 is 55.2 Å². The van der Waals surface area contributed by atoms with Gasteiger partial charge in [0.25, 0.3) is 0 Å². The van der Waals surface area contributed by atoms with Crippen molar-refractivity contribution in [3.05, 3.63) is 120 Å². The van der Waals surface area contributed by atoms with E-state index in [4.69, 9.17) is 0 Å². The highest BCUT2D eigenvalue weighted by Gasteiger charge is 2.06. The summed E-state index contributed by atoms with van der Waals surface area (Å²) in [6, 6.07) is 38.9. The van der Waals surface area contributed by atoms with E-state index in [0.717, 1.165) is 0 Å². The molecular formula is C30H20. The zero-order valence-electron chi connectivity index (χ0n) is 16.5. The molecule has 0 nitrogen and oxygen atoms in total. The average molecular weight is 380 g/mol. The van der Waals surface area contributed by atoms with E-state index in [1.54, 1.807) is 0 Å². The van der Waals surface area contributed by atoms with E-state index in [0.29, 0.717) is 0 Å². The molecule has 30 heavy (non-hydrogen) atoms. The van der Waals surface area contributed by atoms with Crippen LogP contribution in [-0.4, -0.2) is 0 Å². The third-order valence-electron chi connectivity index (χ3n) is 6.06. The molecule has 0 unspecified atom stereocenters. The van der Waals surface area contributed by atoms with Gasteiger partial charge < -0.3 is 0 Å². The van der Waals surface area contributed by atoms with Crippen LogP contribution in [0.3, 0.4) is 0 Å². The van der Waals surface area contributed by atoms with Crippen LogP contribution in [0.2, 0.25) is 0 Å². The lowest BCUT2D eigenvalue weighted by atomic mass is 9.97. The molecule has 0 amide bonds. The van der Waals surface area contributed by atoms with Crippen molar-refractivity contribution < 1.29 is 0 Å². The predicted molar refractivity (Wildman–Crippen MR) is 132 cm³/mol. The molecule has 0 heteroatoms. The van der Waals surface area contributed by atoms with Gasteiger partial charge in [-0.1, -0.05) is 121 Å². The van der Waals surface area contributed by atoms with Crippen LogP contribution in [0.5, 0.6) is 0 Å². The number of hydrogen-bond acceptors (Lipinski definition) is 0. The minimum atomic E-state index is 1.31. The Morgan fingerprint density at radius 2 is 0.767 bits per heavy atom. The Bertz CT molecular complexity index is 1470. The smallest absolute Gasteiger partial charge is 0.00389 e. The zero-order chi connectivity index (χ0) is 19.9. The average Bonchev–Trinajstić information content (AvgIpc) is 3.24. The second-order valence-electron chi connectivity index (χ2n) is 7.79. The molecule has 140 valence electrons. The topological polar surface area (TPSA) is 0 Å². The van der Waals surface area contributed by atoms with E-state index in [-0.39, 0.29) is 0 Å². The molecule has 1 aliphatic rings. The molecule has 0 N–H and O–H groups in total. The summed E-state index contributed by atoms with van der Waals surface area (Å²) in [7, 11) is 0. The maximum absolute atomic E-state index is 2.24. The van der Waals surface area contributed by atoms with Crippen molar-refractivity contribution in [2.75, 3.05) is 0 Å². The van der Waals surface area contributed by atoms with Gasteiger partial charge in [0.2, 0.25) is 0 Å². The van der Waals surface area contributed by atoms with Gasteiger partial charge in [-0.15, -0.1) is 0 Å². The molecule has 0 radical (unpaired) electrons. The van der Waals surface area contributed by atoms with Gasteiger partial charge in [-0.2, -0.15) is 0 Å². The zero-order valence-corrected chi connectivity index (χ0v) is 16.5. The molecule has 1 aliphatic carbocycles. The Hall–Kier alpha value is -3.90. The number of fused-ring (bicyclic) bond motifs is 5. The maximum atomic E-state index is 2.24. The highest BCUT2D eigenvalue weighted by Crippen LogP contribution is 2.31. The Labute approximate surface area is 175 Å². The van der Waals surface area contributed by atoms with Crippen molar-refractivity contribution in [1.29, 1.82) is 0 Å². The Morgan fingerprint density at radius 3 is 1.30 bits per heavy atom. The molecule has 0 fully saturated rings. The van der Waals surface area contributed by atoms with Crippen LogP contribution in [0.15, 0.2) is 109 Å². The fourth-order valence-corrected chi connectivity index (χ4v) is 4.63. The Morgan fingerprint density at radius 1 is 0.300 bits per heavy atom. The molecule has 0 saturated carbocycles. The lowest BCUT2D eigenvalue weighted by molar-refractivity contribution is 1.72. The first kappa shape index (κ1) is 17.0. The normalized spacial score (nSPS) is 11.9. The van der Waals surface area contributed by atoms with Gasteiger partial charge in [0.05, 0.1) is 0 Å². The SMILES string of the molecule is C1=Cc2cccc3cccc1c23.c1ccc2c(c1)ccc1c3ccccc3ccc21. The molecule has 0 spiro atoms. The summed E-state index contributed by atoms with van der Waals surface area (Å²) in [4.78, 5) is 0. The molecule has 6 aromatic carbocycles. The molecule has 0 heterocycles. The van der Waals surface area contributed by atoms with Gasteiger partial charge in [-0.05, 0) is 54.2 Å². The second-order valence-corrected chi connectivity index (χ2v) is 7.79. The van der Waals surface area contributed by atoms with Gasteiger partial charge in [0, 0.05) is 0 Å². The van der Waals surface area contributed by atoms with Crippen molar-refractivity contribution in [1.82, 2.24) is 0 Å². The maximum Gasteiger partial charge on any atom is -0.00389 e. The van der Waals surface area contributed by atoms with E-state index in [2.05, 4.69) is 121 Å². The fourth-order valence-electron chi connectivity index (χ4n) is 4.63. The Kier molecular flexibility index (Phi) is 3.89. The summed E-state index contributed by atoms with van der Waals surface area (Å²) in [6.45, 7) is 0. The van der Waals surface area contributed by atoms with E-state index in [9.17, 15) is 0 Å². The van der Waals surface area contributed by atoms with Crippen LogP contribution in [0.4, 0.5) is 0 Å². The molecule has 0 aliphatic heterocycles. The van der Waals surface area contributed by atoms with Crippen molar-refractivity contribution in [3.8, 4) is 0 Å². The summed E-state index contributed by atoms with van der Waals surface area (Å²) in [5.41, 5.74) is 2.70. The van der Waals surface area contributed by atoms with E-state index in [1.165, 1.54) is 54.2 Å². The number of hydrogen-bond donors (Lipinski definition) is 0. The van der Waals surface area contributed by atoms with Crippen LogP contribution in [0, 0.1) is 0 Å². The molecule has 0 bridgehead atoms. The van der Waals surface area contributed by atoms with Crippen molar-refractivity contribution in [2.45, 2.75) is 0 Å². The van der Waals surface area contributed by atoms with Gasteiger partial charge in [0.1, 0.15) is 0 Å². The molecule has 0 atom stereocenters. The van der Waals surface area contributed by atoms with Gasteiger partial charge in [-0.3, -0.25) is 0 Å². The molecule has 6 aromatic rings.